The van der Waals surface area contributed by atoms with Crippen molar-refractivity contribution < 1.29 is 22.7 Å². The summed E-state index contributed by atoms with van der Waals surface area (Å²) < 4.78 is 44.3. The van der Waals surface area contributed by atoms with Gasteiger partial charge in [0.05, 0.1) is 36.9 Å². The molecule has 1 amide bonds. The number of ether oxygens (including phenoxy) is 1. The minimum Gasteiger partial charge on any atom is -0.379 e. The Labute approximate surface area is 193 Å². The molecule has 3 heterocycles. The summed E-state index contributed by atoms with van der Waals surface area (Å²) in [5.74, 6) is -0.191. The number of carbonyl (C=O) groups excluding carboxylic acids is 1. The van der Waals surface area contributed by atoms with Gasteiger partial charge in [-0.05, 0) is 29.8 Å². The van der Waals surface area contributed by atoms with E-state index in [2.05, 4.69) is 20.2 Å². The molecule has 3 aromatic rings. The number of morpholine rings is 1. The number of halogens is 3. The molecule has 1 aromatic carbocycles. The Kier molecular flexibility index (Phi) is 7.36. The molecule has 2 aromatic heterocycles. The lowest BCUT2D eigenvalue weighted by Crippen LogP contribution is -2.44. The first-order valence-corrected chi connectivity index (χ1v) is 11.4. The molecule has 0 bridgehead atoms. The lowest BCUT2D eigenvalue weighted by molar-refractivity contribution is -0.137. The van der Waals surface area contributed by atoms with Crippen molar-refractivity contribution in [3.8, 4) is 10.6 Å². The zero-order valence-corrected chi connectivity index (χ0v) is 18.5. The smallest absolute Gasteiger partial charge is 0.379 e. The number of benzene rings is 1. The van der Waals surface area contributed by atoms with Gasteiger partial charge in [-0.3, -0.25) is 14.7 Å². The first-order valence-electron chi connectivity index (χ1n) is 10.5. The molecule has 33 heavy (non-hydrogen) atoms. The highest BCUT2D eigenvalue weighted by atomic mass is 32.1. The third kappa shape index (κ3) is 6.16. The summed E-state index contributed by atoms with van der Waals surface area (Å²) in [7, 11) is 0. The van der Waals surface area contributed by atoms with Crippen LogP contribution in [0.4, 0.5) is 13.2 Å². The lowest BCUT2D eigenvalue weighted by Gasteiger charge is -2.35. The molecule has 1 aliphatic rings. The van der Waals surface area contributed by atoms with Gasteiger partial charge in [-0.1, -0.05) is 12.1 Å². The summed E-state index contributed by atoms with van der Waals surface area (Å²) in [5.41, 5.74) is 1.58. The molecule has 0 spiro atoms. The van der Waals surface area contributed by atoms with E-state index in [0.29, 0.717) is 32.0 Å². The van der Waals surface area contributed by atoms with E-state index < -0.39 is 11.7 Å². The first-order chi connectivity index (χ1) is 15.9. The van der Waals surface area contributed by atoms with Crippen LogP contribution in [0.2, 0.25) is 0 Å². The summed E-state index contributed by atoms with van der Waals surface area (Å²) in [4.78, 5) is 23.3. The van der Waals surface area contributed by atoms with Gasteiger partial charge in [0.1, 0.15) is 5.01 Å². The number of rotatable bonds is 7. The van der Waals surface area contributed by atoms with Gasteiger partial charge >= 0.3 is 6.18 Å². The van der Waals surface area contributed by atoms with Crippen molar-refractivity contribution in [1.29, 1.82) is 0 Å². The molecular formula is C23H23F3N4O2S. The quantitative estimate of drug-likeness (QED) is 0.559. The number of pyridine rings is 1. The van der Waals surface area contributed by atoms with Crippen LogP contribution in [0.15, 0.2) is 54.2 Å². The maximum absolute atomic E-state index is 13.0. The Bertz CT molecular complexity index is 1050. The third-order valence-electron chi connectivity index (χ3n) is 5.40. The summed E-state index contributed by atoms with van der Waals surface area (Å²) >= 11 is 1.45. The topological polar surface area (TPSA) is 67.4 Å². The lowest BCUT2D eigenvalue weighted by atomic mass is 10.0. The summed E-state index contributed by atoms with van der Waals surface area (Å²) in [6.45, 7) is 2.65. The second kappa shape index (κ2) is 10.4. The molecule has 1 N–H and O–H groups in total. The number of alkyl halides is 3. The molecule has 1 unspecified atom stereocenters. The van der Waals surface area contributed by atoms with Crippen molar-refractivity contribution in [2.75, 3.05) is 32.8 Å². The fourth-order valence-electron chi connectivity index (χ4n) is 3.69. The Morgan fingerprint density at radius 1 is 1.18 bits per heavy atom. The van der Waals surface area contributed by atoms with Gasteiger partial charge in [0.15, 0.2) is 0 Å². The average molecular weight is 477 g/mol. The van der Waals surface area contributed by atoms with Crippen LogP contribution < -0.4 is 5.32 Å². The fraction of sp³-hybridized carbons (Fsp3) is 0.348. The number of hydrogen-bond acceptors (Lipinski definition) is 6. The number of aromatic nitrogens is 2. The Morgan fingerprint density at radius 3 is 2.61 bits per heavy atom. The molecule has 1 aliphatic heterocycles. The van der Waals surface area contributed by atoms with Gasteiger partial charge in [0, 0.05) is 43.0 Å². The van der Waals surface area contributed by atoms with Gasteiger partial charge in [-0.15, -0.1) is 11.3 Å². The highest BCUT2D eigenvalue weighted by molar-refractivity contribution is 7.13. The van der Waals surface area contributed by atoms with Gasteiger partial charge in [-0.25, -0.2) is 4.98 Å². The Morgan fingerprint density at radius 2 is 1.94 bits per heavy atom. The summed E-state index contributed by atoms with van der Waals surface area (Å²) in [6.07, 6.45) is -0.851. The molecule has 1 saturated heterocycles. The predicted octanol–water partition coefficient (Wildman–Crippen LogP) is 3.96. The molecule has 6 nitrogen and oxygen atoms in total. The third-order valence-corrected chi connectivity index (χ3v) is 6.34. The molecule has 1 atom stereocenters. The van der Waals surface area contributed by atoms with Gasteiger partial charge in [-0.2, -0.15) is 13.2 Å². The van der Waals surface area contributed by atoms with Crippen molar-refractivity contribution in [2.45, 2.75) is 18.6 Å². The minimum absolute atomic E-state index is 0.125. The number of amides is 1. The van der Waals surface area contributed by atoms with Crippen LogP contribution in [0.25, 0.3) is 10.6 Å². The number of nitrogens with one attached hydrogen (secondary N) is 1. The van der Waals surface area contributed by atoms with Crippen molar-refractivity contribution in [1.82, 2.24) is 20.2 Å². The number of hydrogen-bond donors (Lipinski definition) is 1. The van der Waals surface area contributed by atoms with Gasteiger partial charge in [0.25, 0.3) is 0 Å². The number of nitrogens with zero attached hydrogens (tertiary/aromatic N) is 3. The molecule has 174 valence electrons. The van der Waals surface area contributed by atoms with E-state index in [0.717, 1.165) is 28.3 Å². The summed E-state index contributed by atoms with van der Waals surface area (Å²) in [5, 5.41) is 5.57. The highest BCUT2D eigenvalue weighted by Crippen LogP contribution is 2.31. The Balaban J connectivity index is 1.41. The molecule has 10 heteroatoms. The Hall–Kier alpha value is -2.82. The second-order valence-corrected chi connectivity index (χ2v) is 8.51. The average Bonchev–Trinajstić information content (AvgIpc) is 3.29. The molecule has 0 radical (unpaired) electrons. The van der Waals surface area contributed by atoms with E-state index in [4.69, 9.17) is 4.74 Å². The summed E-state index contributed by atoms with van der Waals surface area (Å²) in [6, 6.07) is 8.62. The maximum atomic E-state index is 13.0. The van der Waals surface area contributed by atoms with E-state index >= 15 is 0 Å². The standard InChI is InChI=1S/C23H23F3N4O2S/c24-23(25,26)18-5-3-16(4-6-18)20(30-8-10-32-11-9-30)14-28-21(31)12-19-15-33-22(29-19)17-2-1-7-27-13-17/h1-7,13,15,20H,8-12,14H2,(H,28,31). The maximum Gasteiger partial charge on any atom is 0.416 e. The number of carbonyl (C=O) groups is 1. The molecule has 4 rings (SSSR count). The fourth-order valence-corrected chi connectivity index (χ4v) is 4.50. The zero-order valence-electron chi connectivity index (χ0n) is 17.7. The van der Waals surface area contributed by atoms with Crippen LogP contribution in [0.5, 0.6) is 0 Å². The SMILES string of the molecule is O=C(Cc1csc(-c2cccnc2)n1)NCC(c1ccc(C(F)(F)F)cc1)N1CCOCC1. The van der Waals surface area contributed by atoms with E-state index in [-0.39, 0.29) is 24.9 Å². The molecule has 0 aliphatic carbocycles. The van der Waals surface area contributed by atoms with Crippen molar-refractivity contribution in [3.05, 3.63) is 71.0 Å². The molecular weight excluding hydrogens is 453 g/mol. The highest BCUT2D eigenvalue weighted by Gasteiger charge is 2.31. The van der Waals surface area contributed by atoms with Crippen molar-refractivity contribution >= 4 is 17.2 Å². The number of thiazole rings is 1. The monoisotopic (exact) mass is 476 g/mol. The van der Waals surface area contributed by atoms with Crippen LogP contribution in [-0.4, -0.2) is 53.6 Å². The largest absolute Gasteiger partial charge is 0.416 e. The van der Waals surface area contributed by atoms with Crippen LogP contribution in [-0.2, 0) is 22.1 Å². The van der Waals surface area contributed by atoms with E-state index in [1.807, 2.05) is 17.5 Å². The van der Waals surface area contributed by atoms with Crippen LogP contribution >= 0.6 is 11.3 Å². The van der Waals surface area contributed by atoms with Crippen LogP contribution in [0.3, 0.4) is 0 Å². The van der Waals surface area contributed by atoms with Crippen molar-refractivity contribution in [3.63, 3.8) is 0 Å². The molecule has 1 fully saturated rings. The molecule has 0 saturated carbocycles. The normalized spacial score (nSPS) is 15.8. The van der Waals surface area contributed by atoms with Crippen LogP contribution in [0.1, 0.15) is 22.9 Å². The first kappa shape index (κ1) is 23.3. The van der Waals surface area contributed by atoms with E-state index in [9.17, 15) is 18.0 Å². The van der Waals surface area contributed by atoms with Gasteiger partial charge in [0.2, 0.25) is 5.91 Å². The van der Waals surface area contributed by atoms with E-state index in [1.165, 1.54) is 23.5 Å². The van der Waals surface area contributed by atoms with E-state index in [1.54, 1.807) is 12.4 Å². The zero-order chi connectivity index (χ0) is 23.3. The van der Waals surface area contributed by atoms with Gasteiger partial charge < -0.3 is 10.1 Å². The van der Waals surface area contributed by atoms with Crippen molar-refractivity contribution in [2.24, 2.45) is 0 Å². The predicted molar refractivity (Wildman–Crippen MR) is 119 cm³/mol. The second-order valence-electron chi connectivity index (χ2n) is 7.65. The minimum atomic E-state index is -4.39. The van der Waals surface area contributed by atoms with Crippen LogP contribution in [0, 0.1) is 0 Å².